The molecule has 4 aromatic rings. The number of aliphatic hydroxyl groups excluding tert-OH is 1. The lowest BCUT2D eigenvalue weighted by Gasteiger charge is -2.30. The van der Waals surface area contributed by atoms with Crippen LogP contribution >= 0.6 is 27.5 Å². The van der Waals surface area contributed by atoms with Gasteiger partial charge in [0.15, 0.2) is 11.6 Å². The summed E-state index contributed by atoms with van der Waals surface area (Å²) in [5, 5.41) is 9.66. The molecule has 0 saturated heterocycles. The van der Waals surface area contributed by atoms with Crippen molar-refractivity contribution in [3.05, 3.63) is 141 Å². The summed E-state index contributed by atoms with van der Waals surface area (Å²) in [6, 6.07) is 32.4. The zero-order valence-electron chi connectivity index (χ0n) is 24.0. The van der Waals surface area contributed by atoms with Crippen molar-refractivity contribution < 1.29 is 19.4 Å². The van der Waals surface area contributed by atoms with Crippen LogP contribution in [0.5, 0.6) is 5.75 Å². The van der Waals surface area contributed by atoms with E-state index in [2.05, 4.69) is 26.8 Å². The Balaban J connectivity index is 1.50. The van der Waals surface area contributed by atoms with Gasteiger partial charge in [0, 0.05) is 46.6 Å². The monoisotopic (exact) mass is 673 g/mol. The molecule has 1 heterocycles. The van der Waals surface area contributed by atoms with Crippen molar-refractivity contribution in [2.24, 2.45) is 4.99 Å². The van der Waals surface area contributed by atoms with E-state index in [0.29, 0.717) is 41.8 Å². The van der Waals surface area contributed by atoms with Gasteiger partial charge in [-0.25, -0.2) is 10.4 Å². The van der Waals surface area contributed by atoms with E-state index in [1.807, 2.05) is 115 Å². The molecule has 9 heteroatoms. The van der Waals surface area contributed by atoms with Gasteiger partial charge >= 0.3 is 0 Å². The molecule has 3 N–H and O–H groups in total. The maximum Gasteiger partial charge on any atom is 0.266 e. The lowest BCUT2D eigenvalue weighted by Crippen LogP contribution is -2.52. The van der Waals surface area contributed by atoms with Gasteiger partial charge in [0.1, 0.15) is 5.75 Å². The summed E-state index contributed by atoms with van der Waals surface area (Å²) in [7, 11) is 0. The molecule has 0 aliphatic carbocycles. The van der Waals surface area contributed by atoms with Crippen molar-refractivity contribution in [3.8, 4) is 5.75 Å². The van der Waals surface area contributed by atoms with Crippen LogP contribution < -0.4 is 15.6 Å². The van der Waals surface area contributed by atoms with Crippen molar-refractivity contribution in [2.45, 2.75) is 31.0 Å². The number of aliphatic hydroxyl groups is 1. The Morgan fingerprint density at radius 1 is 1.00 bits per heavy atom. The molecule has 0 unspecified atom stereocenters. The fourth-order valence-electron chi connectivity index (χ4n) is 4.89. The summed E-state index contributed by atoms with van der Waals surface area (Å²) in [5.74, 6) is 0.672. The van der Waals surface area contributed by atoms with Gasteiger partial charge in [-0.3, -0.25) is 10.2 Å². The summed E-state index contributed by atoms with van der Waals surface area (Å²) < 4.78 is 13.1. The second-order valence-electron chi connectivity index (χ2n) is 10.2. The van der Waals surface area contributed by atoms with Crippen LogP contribution in [0.2, 0.25) is 5.02 Å². The Kier molecular flexibility index (Phi) is 10.9. The fraction of sp³-hybridized carbons (Fsp3) is 0.200. The molecule has 1 amide bonds. The number of nitrogens with one attached hydrogen (secondary N) is 2. The van der Waals surface area contributed by atoms with Crippen LogP contribution in [0.1, 0.15) is 41.2 Å². The Morgan fingerprint density at radius 2 is 1.73 bits per heavy atom. The third-order valence-electron chi connectivity index (χ3n) is 7.20. The normalized spacial score (nSPS) is 17.7. The highest BCUT2D eigenvalue weighted by molar-refractivity contribution is 9.10. The predicted molar refractivity (Wildman–Crippen MR) is 177 cm³/mol. The molecule has 226 valence electrons. The Morgan fingerprint density at radius 3 is 2.48 bits per heavy atom. The van der Waals surface area contributed by atoms with Gasteiger partial charge in [-0.1, -0.05) is 106 Å². The maximum atomic E-state index is 14.3. The first-order chi connectivity index (χ1) is 21.5. The first-order valence-corrected chi connectivity index (χ1v) is 15.5. The third-order valence-corrected chi connectivity index (χ3v) is 8.29. The van der Waals surface area contributed by atoms with Crippen molar-refractivity contribution in [3.63, 3.8) is 0 Å². The second kappa shape index (κ2) is 15.2. The Hall–Kier alpha value is -3.95. The Bertz CT molecular complexity index is 1610. The van der Waals surface area contributed by atoms with Gasteiger partial charge < -0.3 is 14.6 Å². The number of hydrazine groups is 1. The van der Waals surface area contributed by atoms with Crippen LogP contribution in [0.4, 0.5) is 0 Å². The molecule has 0 radical (unpaired) electrons. The van der Waals surface area contributed by atoms with Crippen molar-refractivity contribution in [1.29, 1.82) is 0 Å². The average Bonchev–Trinajstić information content (AvgIpc) is 3.43. The molecule has 4 aromatic carbocycles. The fourth-order valence-corrected chi connectivity index (χ4v) is 5.58. The molecule has 0 bridgehead atoms. The predicted octanol–water partition coefficient (Wildman–Crippen LogP) is 7.05. The van der Waals surface area contributed by atoms with Crippen molar-refractivity contribution in [2.75, 3.05) is 13.2 Å². The molecule has 0 aromatic heterocycles. The summed E-state index contributed by atoms with van der Waals surface area (Å²) in [6.07, 6.45) is 4.01. The van der Waals surface area contributed by atoms with E-state index < -0.39 is 11.6 Å². The van der Waals surface area contributed by atoms with E-state index in [4.69, 9.17) is 31.2 Å². The van der Waals surface area contributed by atoms with Gasteiger partial charge in [0.2, 0.25) is 5.90 Å². The van der Waals surface area contributed by atoms with E-state index in [1.54, 1.807) is 0 Å². The number of hydrogen-bond donors (Lipinski definition) is 3. The zero-order chi connectivity index (χ0) is 30.8. The number of hydrogen-bond acceptors (Lipinski definition) is 6. The third kappa shape index (κ3) is 7.57. The smallest absolute Gasteiger partial charge is 0.266 e. The zero-order valence-corrected chi connectivity index (χ0v) is 26.3. The molecule has 5 rings (SSSR count). The van der Waals surface area contributed by atoms with E-state index in [0.717, 1.165) is 21.2 Å². The number of benzene rings is 4. The van der Waals surface area contributed by atoms with Crippen molar-refractivity contribution >= 4 is 45.4 Å². The molecule has 1 aliphatic rings. The largest absolute Gasteiger partial charge is 0.494 e. The summed E-state index contributed by atoms with van der Waals surface area (Å²) in [6.45, 7) is 0.807. The van der Waals surface area contributed by atoms with Gasteiger partial charge in [0.25, 0.3) is 5.91 Å². The highest BCUT2D eigenvalue weighted by atomic mass is 79.9. The van der Waals surface area contributed by atoms with Crippen LogP contribution in [0, 0.1) is 0 Å². The molecule has 44 heavy (non-hydrogen) atoms. The summed E-state index contributed by atoms with van der Waals surface area (Å²) in [5.41, 5.74) is 7.96. The number of ether oxygens (including phenoxy) is 2. The van der Waals surface area contributed by atoms with E-state index in [9.17, 15) is 4.79 Å². The number of carbonyl (C=O) groups is 1. The van der Waals surface area contributed by atoms with Crippen LogP contribution in [-0.2, 0) is 16.1 Å². The minimum absolute atomic E-state index is 0.0648. The number of rotatable bonds is 13. The standard InChI is InChI=1S/C35H33BrClN3O4/c36-30-15-6-5-14-29(30)32-35(21-8-12-25-10-2-1-3-11-25,34(42)40-38-24-27-13-4-7-16-31(27)37)39-33(44-32)26-17-19-28(20-18-26)43-23-9-22-41/h1-8,10-20,32,38,41H,9,21-24H2,(H,40,42)/b12-8+/t32-,35-/m0/s1. The van der Waals surface area contributed by atoms with Gasteiger partial charge in [-0.05, 0) is 47.5 Å². The highest BCUT2D eigenvalue weighted by Gasteiger charge is 2.53. The van der Waals surface area contributed by atoms with E-state index in [-0.39, 0.29) is 18.9 Å². The van der Waals surface area contributed by atoms with Gasteiger partial charge in [0.05, 0.1) is 6.61 Å². The lowest BCUT2D eigenvalue weighted by atomic mass is 9.84. The average molecular weight is 675 g/mol. The molecule has 0 fully saturated rings. The number of halogens is 2. The molecular formula is C35H33BrClN3O4. The van der Waals surface area contributed by atoms with E-state index in [1.165, 1.54) is 0 Å². The van der Waals surface area contributed by atoms with Crippen molar-refractivity contribution in [1.82, 2.24) is 10.9 Å². The first kappa shape index (κ1) is 31.5. The van der Waals surface area contributed by atoms with Crippen LogP contribution in [-0.4, -0.2) is 35.7 Å². The quantitative estimate of drug-likeness (QED) is 0.105. The number of amides is 1. The molecule has 1 aliphatic heterocycles. The van der Waals surface area contributed by atoms with Crippen LogP contribution in [0.15, 0.2) is 119 Å². The highest BCUT2D eigenvalue weighted by Crippen LogP contribution is 2.45. The molecular weight excluding hydrogens is 642 g/mol. The molecule has 7 nitrogen and oxygen atoms in total. The number of carbonyl (C=O) groups excluding carboxylic acids is 1. The number of nitrogens with zero attached hydrogens (tertiary/aromatic N) is 1. The SMILES string of the molecule is O=C(NNCc1ccccc1Cl)[C@@]1(C/C=C/c2ccccc2)N=C(c2ccc(OCCCO)cc2)O[C@H]1c1ccccc1Br. The van der Waals surface area contributed by atoms with Crippen LogP contribution in [0.25, 0.3) is 6.08 Å². The lowest BCUT2D eigenvalue weighted by molar-refractivity contribution is -0.129. The summed E-state index contributed by atoms with van der Waals surface area (Å²) in [4.78, 5) is 19.3. The Labute approximate surface area is 270 Å². The van der Waals surface area contributed by atoms with Crippen LogP contribution in [0.3, 0.4) is 0 Å². The van der Waals surface area contributed by atoms with E-state index >= 15 is 0 Å². The maximum absolute atomic E-state index is 14.3. The minimum atomic E-state index is -1.35. The first-order valence-electron chi connectivity index (χ1n) is 14.3. The minimum Gasteiger partial charge on any atom is -0.494 e. The second-order valence-corrected chi connectivity index (χ2v) is 11.5. The van der Waals surface area contributed by atoms with Gasteiger partial charge in [-0.15, -0.1) is 0 Å². The molecule has 0 spiro atoms. The van der Waals surface area contributed by atoms with Gasteiger partial charge in [-0.2, -0.15) is 0 Å². The topological polar surface area (TPSA) is 92.2 Å². The molecule has 2 atom stereocenters. The summed E-state index contributed by atoms with van der Waals surface area (Å²) >= 11 is 10.0. The number of aliphatic imine (C=N–C) groups is 1. The molecule has 0 saturated carbocycles.